The van der Waals surface area contributed by atoms with E-state index in [0.29, 0.717) is 5.02 Å². The summed E-state index contributed by atoms with van der Waals surface area (Å²) < 4.78 is 40.8. The molecule has 2 aliphatic heterocycles. The van der Waals surface area contributed by atoms with Crippen molar-refractivity contribution in [3.05, 3.63) is 53.6 Å². The molecule has 0 aliphatic carbocycles. The number of halogens is 4. The summed E-state index contributed by atoms with van der Waals surface area (Å²) in [6.45, 7) is 3.80. The SMILES string of the molecule is OC1C(N2CCN(c3ccc(OC(F)(F)F)cc3)CC2)CCN1c1ccc(Cl)cc1. The third kappa shape index (κ3) is 4.77. The van der Waals surface area contributed by atoms with Crippen molar-refractivity contribution in [3.8, 4) is 5.75 Å². The van der Waals surface area contributed by atoms with Crippen LogP contribution in [0.3, 0.4) is 0 Å². The predicted octanol–water partition coefficient (Wildman–Crippen LogP) is 3.96. The molecule has 2 saturated heterocycles. The molecule has 0 saturated carbocycles. The maximum Gasteiger partial charge on any atom is 0.573 e. The fourth-order valence-electron chi connectivity index (χ4n) is 4.22. The molecule has 0 amide bonds. The van der Waals surface area contributed by atoms with E-state index in [1.54, 1.807) is 12.1 Å². The number of piperazine rings is 1. The molecule has 2 atom stereocenters. The van der Waals surface area contributed by atoms with Crippen LogP contribution in [0.2, 0.25) is 5.02 Å². The fraction of sp³-hybridized carbons (Fsp3) is 0.429. The van der Waals surface area contributed by atoms with Crippen molar-refractivity contribution in [2.75, 3.05) is 42.5 Å². The van der Waals surface area contributed by atoms with Gasteiger partial charge in [0.15, 0.2) is 0 Å². The molecule has 2 heterocycles. The van der Waals surface area contributed by atoms with Crippen LogP contribution < -0.4 is 14.5 Å². The first-order valence-corrected chi connectivity index (χ1v) is 10.2. The Kier molecular flexibility index (Phi) is 5.99. The van der Waals surface area contributed by atoms with E-state index in [0.717, 1.165) is 50.5 Å². The van der Waals surface area contributed by atoms with Gasteiger partial charge in [0.05, 0.1) is 6.04 Å². The largest absolute Gasteiger partial charge is 0.573 e. The van der Waals surface area contributed by atoms with Crippen LogP contribution in [0.1, 0.15) is 6.42 Å². The Balaban J connectivity index is 1.33. The zero-order chi connectivity index (χ0) is 21.3. The molecule has 1 N–H and O–H groups in total. The van der Waals surface area contributed by atoms with Crippen molar-refractivity contribution in [2.24, 2.45) is 0 Å². The molecule has 0 radical (unpaired) electrons. The molecule has 30 heavy (non-hydrogen) atoms. The van der Waals surface area contributed by atoms with Gasteiger partial charge in [-0.1, -0.05) is 11.6 Å². The van der Waals surface area contributed by atoms with E-state index in [9.17, 15) is 18.3 Å². The number of anilines is 2. The summed E-state index contributed by atoms with van der Waals surface area (Å²) >= 11 is 5.96. The second-order valence-corrected chi connectivity index (χ2v) is 7.94. The van der Waals surface area contributed by atoms with E-state index < -0.39 is 12.6 Å². The molecule has 0 spiro atoms. The minimum Gasteiger partial charge on any atom is -0.406 e. The van der Waals surface area contributed by atoms with E-state index in [4.69, 9.17) is 11.6 Å². The maximum absolute atomic E-state index is 12.3. The van der Waals surface area contributed by atoms with Crippen molar-refractivity contribution in [1.29, 1.82) is 0 Å². The smallest absolute Gasteiger partial charge is 0.406 e. The molecule has 2 aromatic carbocycles. The van der Waals surface area contributed by atoms with Gasteiger partial charge in [0.25, 0.3) is 0 Å². The summed E-state index contributed by atoms with van der Waals surface area (Å²) in [6, 6.07) is 13.5. The predicted molar refractivity (Wildman–Crippen MR) is 110 cm³/mol. The van der Waals surface area contributed by atoms with Crippen LogP contribution in [0.25, 0.3) is 0 Å². The zero-order valence-corrected chi connectivity index (χ0v) is 17.0. The molecule has 9 heteroatoms. The summed E-state index contributed by atoms with van der Waals surface area (Å²) in [5.74, 6) is -0.221. The van der Waals surface area contributed by atoms with Gasteiger partial charge in [0, 0.05) is 49.1 Å². The zero-order valence-electron chi connectivity index (χ0n) is 16.2. The Morgan fingerprint density at radius 3 is 2.07 bits per heavy atom. The molecule has 2 unspecified atom stereocenters. The van der Waals surface area contributed by atoms with Crippen molar-refractivity contribution in [1.82, 2.24) is 4.90 Å². The van der Waals surface area contributed by atoms with Gasteiger partial charge in [0.2, 0.25) is 0 Å². The average Bonchev–Trinajstić information content (AvgIpc) is 3.09. The lowest BCUT2D eigenvalue weighted by Crippen LogP contribution is -2.54. The second-order valence-electron chi connectivity index (χ2n) is 7.50. The number of aliphatic hydroxyl groups excluding tert-OH is 1. The number of hydrogen-bond acceptors (Lipinski definition) is 5. The lowest BCUT2D eigenvalue weighted by Gasteiger charge is -2.40. The summed E-state index contributed by atoms with van der Waals surface area (Å²) in [6.07, 6.45) is -4.40. The molecule has 0 aromatic heterocycles. The Labute approximate surface area is 178 Å². The monoisotopic (exact) mass is 441 g/mol. The molecule has 2 aromatic rings. The van der Waals surface area contributed by atoms with Crippen LogP contribution in [0.4, 0.5) is 24.5 Å². The average molecular weight is 442 g/mol. The van der Waals surface area contributed by atoms with Crippen molar-refractivity contribution < 1.29 is 23.0 Å². The topological polar surface area (TPSA) is 39.2 Å². The molecular formula is C21H23ClF3N3O2. The number of benzene rings is 2. The summed E-state index contributed by atoms with van der Waals surface area (Å²) in [5, 5.41) is 11.5. The fourth-order valence-corrected chi connectivity index (χ4v) is 4.34. The van der Waals surface area contributed by atoms with E-state index in [1.165, 1.54) is 12.1 Å². The first-order valence-electron chi connectivity index (χ1n) is 9.85. The normalized spacial score (nSPS) is 23.1. The lowest BCUT2D eigenvalue weighted by atomic mass is 10.1. The Morgan fingerprint density at radius 2 is 1.47 bits per heavy atom. The number of aliphatic hydroxyl groups is 1. The summed E-state index contributed by atoms with van der Waals surface area (Å²) in [7, 11) is 0. The van der Waals surface area contributed by atoms with Crippen LogP contribution in [0.5, 0.6) is 5.75 Å². The van der Waals surface area contributed by atoms with Gasteiger partial charge in [-0.15, -0.1) is 13.2 Å². The van der Waals surface area contributed by atoms with E-state index in [2.05, 4.69) is 14.5 Å². The van der Waals surface area contributed by atoms with Gasteiger partial charge in [-0.05, 0) is 55.0 Å². The second kappa shape index (κ2) is 8.53. The number of hydrogen-bond donors (Lipinski definition) is 1. The van der Waals surface area contributed by atoms with E-state index in [-0.39, 0.29) is 11.8 Å². The molecule has 2 fully saturated rings. The minimum atomic E-state index is -4.69. The molecule has 4 rings (SSSR count). The van der Waals surface area contributed by atoms with Crippen LogP contribution >= 0.6 is 11.6 Å². The van der Waals surface area contributed by atoms with Gasteiger partial charge in [0.1, 0.15) is 12.0 Å². The number of rotatable bonds is 4. The highest BCUT2D eigenvalue weighted by Gasteiger charge is 2.38. The standard InChI is InChI=1S/C21H23ClF3N3O2/c22-15-1-3-17(4-2-15)28-10-9-19(20(28)29)27-13-11-26(12-14-27)16-5-7-18(8-6-16)30-21(23,24)25/h1-8,19-20,29H,9-14H2. The third-order valence-corrected chi connectivity index (χ3v) is 5.96. The number of ether oxygens (including phenoxy) is 1. The van der Waals surface area contributed by atoms with E-state index in [1.807, 2.05) is 29.2 Å². The highest BCUT2D eigenvalue weighted by Crippen LogP contribution is 2.30. The Morgan fingerprint density at radius 1 is 0.867 bits per heavy atom. The molecule has 0 bridgehead atoms. The van der Waals surface area contributed by atoms with Crippen LogP contribution in [-0.4, -0.2) is 61.4 Å². The van der Waals surface area contributed by atoms with Gasteiger partial charge < -0.3 is 19.6 Å². The quantitative estimate of drug-likeness (QED) is 0.777. The summed E-state index contributed by atoms with van der Waals surface area (Å²) in [5.41, 5.74) is 1.81. The minimum absolute atomic E-state index is 0.0467. The maximum atomic E-state index is 12.3. The van der Waals surface area contributed by atoms with Gasteiger partial charge in [-0.2, -0.15) is 0 Å². The highest BCUT2D eigenvalue weighted by molar-refractivity contribution is 6.30. The van der Waals surface area contributed by atoms with Crippen LogP contribution in [-0.2, 0) is 0 Å². The molecule has 2 aliphatic rings. The molecule has 5 nitrogen and oxygen atoms in total. The number of nitrogens with zero attached hydrogens (tertiary/aromatic N) is 3. The third-order valence-electron chi connectivity index (χ3n) is 5.71. The van der Waals surface area contributed by atoms with E-state index >= 15 is 0 Å². The molecular weight excluding hydrogens is 419 g/mol. The van der Waals surface area contributed by atoms with Crippen LogP contribution in [0.15, 0.2) is 48.5 Å². The van der Waals surface area contributed by atoms with Crippen molar-refractivity contribution in [2.45, 2.75) is 25.1 Å². The Bertz CT molecular complexity index is 840. The lowest BCUT2D eigenvalue weighted by molar-refractivity contribution is -0.274. The summed E-state index contributed by atoms with van der Waals surface area (Å²) in [4.78, 5) is 6.41. The van der Waals surface area contributed by atoms with Crippen molar-refractivity contribution >= 4 is 23.0 Å². The Hall–Kier alpha value is -2.16. The molecule has 162 valence electrons. The van der Waals surface area contributed by atoms with Gasteiger partial charge in [-0.3, -0.25) is 4.90 Å². The van der Waals surface area contributed by atoms with Gasteiger partial charge >= 0.3 is 6.36 Å². The highest BCUT2D eigenvalue weighted by atomic mass is 35.5. The van der Waals surface area contributed by atoms with Gasteiger partial charge in [-0.25, -0.2) is 0 Å². The number of alkyl halides is 3. The van der Waals surface area contributed by atoms with Crippen LogP contribution in [0, 0.1) is 0 Å². The first-order chi connectivity index (χ1) is 14.3. The first kappa shape index (κ1) is 21.1. The van der Waals surface area contributed by atoms with Crippen molar-refractivity contribution in [3.63, 3.8) is 0 Å².